The Kier molecular flexibility index (Phi) is 6.53. The van der Waals surface area contributed by atoms with Gasteiger partial charge >= 0.3 is 0 Å². The Morgan fingerprint density at radius 2 is 2.12 bits per heavy atom. The van der Waals surface area contributed by atoms with E-state index in [9.17, 15) is 0 Å². The molecule has 1 aromatic carbocycles. The Morgan fingerprint density at radius 3 is 2.81 bits per heavy atom. The van der Waals surface area contributed by atoms with Gasteiger partial charge < -0.3 is 10.5 Å². The Bertz CT molecular complexity index is 304. The van der Waals surface area contributed by atoms with Gasteiger partial charge in [0.05, 0.1) is 0 Å². The van der Waals surface area contributed by atoms with Crippen molar-refractivity contribution in [2.45, 2.75) is 30.7 Å². The molecule has 0 radical (unpaired) electrons. The second-order valence-electron chi connectivity index (χ2n) is 3.75. The summed E-state index contributed by atoms with van der Waals surface area (Å²) in [6.07, 6.45) is 2.06. The molecular formula is C13H21NOS. The quantitative estimate of drug-likeness (QED) is 0.586. The molecule has 0 aliphatic heterocycles. The van der Waals surface area contributed by atoms with Crippen LogP contribution in [0.4, 0.5) is 0 Å². The minimum absolute atomic E-state index is 0.158. The van der Waals surface area contributed by atoms with Gasteiger partial charge in [0, 0.05) is 30.4 Å². The molecule has 1 atom stereocenters. The highest BCUT2D eigenvalue weighted by molar-refractivity contribution is 7.99. The van der Waals surface area contributed by atoms with E-state index in [-0.39, 0.29) is 6.04 Å². The lowest BCUT2D eigenvalue weighted by Gasteiger charge is -2.14. The predicted octanol–water partition coefficient (Wildman–Crippen LogP) is 3.23. The SMILES string of the molecule is CCC(N)c1ccccc1SCCCOC. The highest BCUT2D eigenvalue weighted by Gasteiger charge is 2.08. The molecule has 3 heteroatoms. The number of hydrogen-bond donors (Lipinski definition) is 1. The van der Waals surface area contributed by atoms with Gasteiger partial charge in [-0.05, 0) is 24.5 Å². The van der Waals surface area contributed by atoms with Crippen LogP contribution in [0.15, 0.2) is 29.2 Å². The predicted molar refractivity (Wildman–Crippen MR) is 70.9 cm³/mol. The van der Waals surface area contributed by atoms with E-state index in [2.05, 4.69) is 31.2 Å². The van der Waals surface area contributed by atoms with Crippen LogP contribution in [0, 0.1) is 0 Å². The van der Waals surface area contributed by atoms with Crippen LogP contribution in [-0.4, -0.2) is 19.5 Å². The smallest absolute Gasteiger partial charge is 0.0470 e. The molecule has 0 aliphatic rings. The maximum atomic E-state index is 6.09. The zero-order chi connectivity index (χ0) is 11.8. The molecule has 1 rings (SSSR count). The summed E-state index contributed by atoms with van der Waals surface area (Å²) in [6.45, 7) is 2.95. The summed E-state index contributed by atoms with van der Waals surface area (Å²) in [7, 11) is 1.74. The summed E-state index contributed by atoms with van der Waals surface area (Å²) in [5.41, 5.74) is 7.36. The highest BCUT2D eigenvalue weighted by Crippen LogP contribution is 2.28. The summed E-state index contributed by atoms with van der Waals surface area (Å²) in [6, 6.07) is 8.58. The van der Waals surface area contributed by atoms with Crippen LogP contribution in [-0.2, 0) is 4.74 Å². The Hall–Kier alpha value is -0.510. The lowest BCUT2D eigenvalue weighted by Crippen LogP contribution is -2.09. The Labute approximate surface area is 103 Å². The lowest BCUT2D eigenvalue weighted by molar-refractivity contribution is 0.200. The van der Waals surface area contributed by atoms with Crippen LogP contribution < -0.4 is 5.73 Å². The van der Waals surface area contributed by atoms with Crippen molar-refractivity contribution < 1.29 is 4.74 Å². The maximum absolute atomic E-state index is 6.09. The summed E-state index contributed by atoms with van der Waals surface area (Å²) in [5, 5.41) is 0. The van der Waals surface area contributed by atoms with E-state index in [0.717, 1.165) is 25.2 Å². The molecule has 0 saturated heterocycles. The third-order valence-electron chi connectivity index (χ3n) is 2.51. The van der Waals surface area contributed by atoms with E-state index in [1.807, 2.05) is 11.8 Å². The topological polar surface area (TPSA) is 35.2 Å². The van der Waals surface area contributed by atoms with Crippen molar-refractivity contribution in [1.29, 1.82) is 0 Å². The first-order valence-corrected chi connectivity index (χ1v) is 6.74. The van der Waals surface area contributed by atoms with Crippen molar-refractivity contribution in [2.24, 2.45) is 5.73 Å². The van der Waals surface area contributed by atoms with Crippen molar-refractivity contribution in [1.82, 2.24) is 0 Å². The minimum atomic E-state index is 0.158. The number of nitrogens with two attached hydrogens (primary N) is 1. The average molecular weight is 239 g/mol. The second kappa shape index (κ2) is 7.71. The molecule has 16 heavy (non-hydrogen) atoms. The summed E-state index contributed by atoms with van der Waals surface area (Å²) in [4.78, 5) is 1.31. The molecule has 0 amide bonds. The van der Waals surface area contributed by atoms with Gasteiger partial charge in [-0.1, -0.05) is 25.1 Å². The van der Waals surface area contributed by atoms with Crippen molar-refractivity contribution >= 4 is 11.8 Å². The van der Waals surface area contributed by atoms with Gasteiger partial charge in [-0.2, -0.15) is 0 Å². The zero-order valence-corrected chi connectivity index (χ0v) is 10.9. The van der Waals surface area contributed by atoms with E-state index in [1.165, 1.54) is 10.5 Å². The molecule has 2 N–H and O–H groups in total. The first-order chi connectivity index (χ1) is 7.79. The van der Waals surface area contributed by atoms with Crippen molar-refractivity contribution in [3.05, 3.63) is 29.8 Å². The van der Waals surface area contributed by atoms with Crippen molar-refractivity contribution in [2.75, 3.05) is 19.5 Å². The number of thioether (sulfide) groups is 1. The van der Waals surface area contributed by atoms with Crippen LogP contribution in [0.25, 0.3) is 0 Å². The molecule has 1 aromatic rings. The van der Waals surface area contributed by atoms with E-state index < -0.39 is 0 Å². The summed E-state index contributed by atoms with van der Waals surface area (Å²) in [5.74, 6) is 1.08. The van der Waals surface area contributed by atoms with Crippen LogP contribution in [0.5, 0.6) is 0 Å². The molecule has 0 saturated carbocycles. The largest absolute Gasteiger partial charge is 0.385 e. The van der Waals surface area contributed by atoms with Gasteiger partial charge in [-0.25, -0.2) is 0 Å². The molecule has 0 heterocycles. The first kappa shape index (κ1) is 13.6. The van der Waals surface area contributed by atoms with E-state index in [0.29, 0.717) is 0 Å². The van der Waals surface area contributed by atoms with E-state index >= 15 is 0 Å². The second-order valence-corrected chi connectivity index (χ2v) is 4.88. The normalized spacial score (nSPS) is 12.7. The first-order valence-electron chi connectivity index (χ1n) is 5.75. The number of ether oxygens (including phenoxy) is 1. The molecular weight excluding hydrogens is 218 g/mol. The number of rotatable bonds is 7. The minimum Gasteiger partial charge on any atom is -0.385 e. The molecule has 0 spiro atoms. The lowest BCUT2D eigenvalue weighted by atomic mass is 10.1. The number of hydrogen-bond acceptors (Lipinski definition) is 3. The molecule has 0 fully saturated rings. The van der Waals surface area contributed by atoms with E-state index in [1.54, 1.807) is 7.11 Å². The molecule has 2 nitrogen and oxygen atoms in total. The van der Waals surface area contributed by atoms with Gasteiger partial charge in [-0.3, -0.25) is 0 Å². The number of benzene rings is 1. The van der Waals surface area contributed by atoms with Crippen LogP contribution in [0.3, 0.4) is 0 Å². The van der Waals surface area contributed by atoms with Crippen LogP contribution in [0.1, 0.15) is 31.4 Å². The highest BCUT2D eigenvalue weighted by atomic mass is 32.2. The molecule has 90 valence electrons. The number of methoxy groups -OCH3 is 1. The van der Waals surface area contributed by atoms with Gasteiger partial charge in [0.1, 0.15) is 0 Å². The Morgan fingerprint density at radius 1 is 1.38 bits per heavy atom. The fraction of sp³-hybridized carbons (Fsp3) is 0.538. The van der Waals surface area contributed by atoms with Crippen molar-refractivity contribution in [3.63, 3.8) is 0 Å². The Balaban J connectivity index is 2.57. The van der Waals surface area contributed by atoms with Gasteiger partial charge in [0.25, 0.3) is 0 Å². The van der Waals surface area contributed by atoms with Crippen molar-refractivity contribution in [3.8, 4) is 0 Å². The third kappa shape index (κ3) is 4.16. The fourth-order valence-electron chi connectivity index (χ4n) is 1.52. The zero-order valence-electron chi connectivity index (χ0n) is 10.1. The fourth-order valence-corrected chi connectivity index (χ4v) is 2.57. The van der Waals surface area contributed by atoms with Gasteiger partial charge in [0.15, 0.2) is 0 Å². The third-order valence-corrected chi connectivity index (χ3v) is 3.68. The van der Waals surface area contributed by atoms with Gasteiger partial charge in [0.2, 0.25) is 0 Å². The average Bonchev–Trinajstić information content (AvgIpc) is 2.34. The maximum Gasteiger partial charge on any atom is 0.0470 e. The molecule has 0 aliphatic carbocycles. The van der Waals surface area contributed by atoms with Crippen LogP contribution >= 0.6 is 11.8 Å². The summed E-state index contributed by atoms with van der Waals surface area (Å²) < 4.78 is 5.04. The molecule has 0 bridgehead atoms. The van der Waals surface area contributed by atoms with Crippen LogP contribution in [0.2, 0.25) is 0 Å². The molecule has 1 unspecified atom stereocenters. The monoisotopic (exact) mass is 239 g/mol. The summed E-state index contributed by atoms with van der Waals surface area (Å²) >= 11 is 1.87. The van der Waals surface area contributed by atoms with E-state index in [4.69, 9.17) is 10.5 Å². The van der Waals surface area contributed by atoms with Gasteiger partial charge in [-0.15, -0.1) is 11.8 Å². The standard InChI is InChI=1S/C13H21NOS/c1-3-12(14)11-7-4-5-8-13(11)16-10-6-9-15-2/h4-5,7-8,12H,3,6,9-10,14H2,1-2H3. The molecule has 0 aromatic heterocycles.